The van der Waals surface area contributed by atoms with Gasteiger partial charge in [-0.3, -0.25) is 4.79 Å². The second-order valence-corrected chi connectivity index (χ2v) is 4.04. The van der Waals surface area contributed by atoms with Crippen LogP contribution in [0.25, 0.3) is 0 Å². The van der Waals surface area contributed by atoms with Gasteiger partial charge in [-0.15, -0.1) is 6.58 Å². The van der Waals surface area contributed by atoms with Crippen LogP contribution in [0.1, 0.15) is 26.2 Å². The number of amides is 1. The van der Waals surface area contributed by atoms with E-state index in [1.807, 2.05) is 18.0 Å². The molecule has 0 aromatic heterocycles. The van der Waals surface area contributed by atoms with Crippen LogP contribution in [0.5, 0.6) is 0 Å². The van der Waals surface area contributed by atoms with E-state index in [-0.39, 0.29) is 5.91 Å². The largest absolute Gasteiger partial charge is 0.342 e. The minimum atomic E-state index is 0.198. The molecule has 0 aromatic rings. The van der Waals surface area contributed by atoms with Gasteiger partial charge in [0.15, 0.2) is 0 Å². The fourth-order valence-corrected chi connectivity index (χ4v) is 1.39. The van der Waals surface area contributed by atoms with Crippen molar-refractivity contribution in [1.82, 2.24) is 10.2 Å². The van der Waals surface area contributed by atoms with Gasteiger partial charge >= 0.3 is 0 Å². The molecule has 1 saturated carbocycles. The highest BCUT2D eigenvalue weighted by Gasteiger charge is 2.29. The molecule has 1 unspecified atom stereocenters. The average Bonchev–Trinajstić information content (AvgIpc) is 2.96. The summed E-state index contributed by atoms with van der Waals surface area (Å²) in [6.45, 7) is 6.17. The quantitative estimate of drug-likeness (QED) is 0.647. The van der Waals surface area contributed by atoms with Gasteiger partial charge in [-0.05, 0) is 26.2 Å². The van der Waals surface area contributed by atoms with Gasteiger partial charge in [0.1, 0.15) is 0 Å². The van der Waals surface area contributed by atoms with Gasteiger partial charge in [-0.25, -0.2) is 0 Å². The summed E-state index contributed by atoms with van der Waals surface area (Å²) in [6, 6.07) is 0.850. The zero-order chi connectivity index (χ0) is 10.6. The number of hydrogen-bond donors (Lipinski definition) is 1. The maximum Gasteiger partial charge on any atom is 0.236 e. The molecule has 80 valence electrons. The molecule has 3 heteroatoms. The van der Waals surface area contributed by atoms with Crippen LogP contribution >= 0.6 is 0 Å². The normalized spacial score (nSPS) is 17.6. The molecule has 3 nitrogen and oxygen atoms in total. The average molecular weight is 196 g/mol. The molecule has 0 aromatic carbocycles. The summed E-state index contributed by atoms with van der Waals surface area (Å²) >= 11 is 0. The van der Waals surface area contributed by atoms with E-state index < -0.39 is 0 Å². The zero-order valence-electron chi connectivity index (χ0n) is 9.12. The molecule has 0 spiro atoms. The standard InChI is InChI=1S/C11H20N2O/c1-4-5-9(2)12-8-11(14)13(3)10-6-7-10/h4,9-10,12H,1,5-8H2,2-3H3. The maximum atomic E-state index is 11.6. The van der Waals surface area contributed by atoms with Crippen LogP contribution in [-0.2, 0) is 4.79 Å². The summed E-state index contributed by atoms with van der Waals surface area (Å²) in [6.07, 6.45) is 5.11. The number of nitrogens with zero attached hydrogens (tertiary/aromatic N) is 1. The van der Waals surface area contributed by atoms with Crippen molar-refractivity contribution in [3.63, 3.8) is 0 Å². The van der Waals surface area contributed by atoms with Crippen molar-refractivity contribution in [3.8, 4) is 0 Å². The van der Waals surface area contributed by atoms with Crippen LogP contribution in [0.15, 0.2) is 12.7 Å². The fraction of sp³-hybridized carbons (Fsp3) is 0.727. The van der Waals surface area contributed by atoms with Crippen LogP contribution in [0.4, 0.5) is 0 Å². The highest BCUT2D eigenvalue weighted by atomic mass is 16.2. The van der Waals surface area contributed by atoms with Crippen molar-refractivity contribution in [1.29, 1.82) is 0 Å². The molecule has 0 heterocycles. The first kappa shape index (κ1) is 11.2. The summed E-state index contributed by atoms with van der Waals surface area (Å²) in [7, 11) is 1.89. The lowest BCUT2D eigenvalue weighted by Gasteiger charge is -2.18. The van der Waals surface area contributed by atoms with Crippen molar-refractivity contribution < 1.29 is 4.79 Å². The summed E-state index contributed by atoms with van der Waals surface area (Å²) in [4.78, 5) is 13.4. The molecule has 1 amide bonds. The Morgan fingerprint density at radius 2 is 2.36 bits per heavy atom. The molecule has 0 saturated heterocycles. The van der Waals surface area contributed by atoms with Crippen LogP contribution in [0.2, 0.25) is 0 Å². The van der Waals surface area contributed by atoms with E-state index in [9.17, 15) is 4.79 Å². The van der Waals surface area contributed by atoms with E-state index in [0.29, 0.717) is 18.6 Å². The molecular weight excluding hydrogens is 176 g/mol. The van der Waals surface area contributed by atoms with Crippen molar-refractivity contribution >= 4 is 5.91 Å². The Bertz CT molecular complexity index is 211. The van der Waals surface area contributed by atoms with Gasteiger partial charge in [0, 0.05) is 19.1 Å². The van der Waals surface area contributed by atoms with E-state index in [1.165, 1.54) is 12.8 Å². The van der Waals surface area contributed by atoms with Gasteiger partial charge in [-0.2, -0.15) is 0 Å². The number of nitrogens with one attached hydrogen (secondary N) is 1. The molecule has 1 atom stereocenters. The Balaban J connectivity index is 2.16. The first-order valence-electron chi connectivity index (χ1n) is 5.25. The van der Waals surface area contributed by atoms with E-state index >= 15 is 0 Å². The Morgan fingerprint density at radius 3 is 2.86 bits per heavy atom. The van der Waals surface area contributed by atoms with E-state index in [0.717, 1.165) is 6.42 Å². The topological polar surface area (TPSA) is 32.3 Å². The molecular formula is C11H20N2O. The second kappa shape index (κ2) is 5.15. The summed E-state index contributed by atoms with van der Waals surface area (Å²) < 4.78 is 0. The molecule has 0 aliphatic heterocycles. The third-order valence-corrected chi connectivity index (χ3v) is 2.61. The number of likely N-dealkylation sites (N-methyl/N-ethyl adjacent to an activating group) is 1. The molecule has 1 N–H and O–H groups in total. The number of carbonyl (C=O) groups excluding carboxylic acids is 1. The van der Waals surface area contributed by atoms with Gasteiger partial charge < -0.3 is 10.2 Å². The number of hydrogen-bond acceptors (Lipinski definition) is 2. The SMILES string of the molecule is C=CCC(C)NCC(=O)N(C)C1CC1. The van der Waals surface area contributed by atoms with Crippen molar-refractivity contribution in [2.75, 3.05) is 13.6 Å². The lowest BCUT2D eigenvalue weighted by Crippen LogP contribution is -2.39. The molecule has 0 radical (unpaired) electrons. The first-order valence-corrected chi connectivity index (χ1v) is 5.25. The second-order valence-electron chi connectivity index (χ2n) is 4.04. The van der Waals surface area contributed by atoms with E-state index in [4.69, 9.17) is 0 Å². The van der Waals surface area contributed by atoms with Crippen molar-refractivity contribution in [3.05, 3.63) is 12.7 Å². The van der Waals surface area contributed by atoms with E-state index in [1.54, 1.807) is 0 Å². The van der Waals surface area contributed by atoms with Gasteiger partial charge in [0.2, 0.25) is 5.91 Å². The molecule has 1 aliphatic rings. The lowest BCUT2D eigenvalue weighted by atomic mass is 10.2. The third kappa shape index (κ3) is 3.50. The highest BCUT2D eigenvalue weighted by Crippen LogP contribution is 2.25. The van der Waals surface area contributed by atoms with Crippen LogP contribution in [0, 0.1) is 0 Å². The minimum Gasteiger partial charge on any atom is -0.342 e. The maximum absolute atomic E-state index is 11.6. The Hall–Kier alpha value is -0.830. The monoisotopic (exact) mass is 196 g/mol. The molecule has 14 heavy (non-hydrogen) atoms. The van der Waals surface area contributed by atoms with Gasteiger partial charge in [0.25, 0.3) is 0 Å². The molecule has 0 bridgehead atoms. The summed E-state index contributed by atoms with van der Waals surface area (Å²) in [5.74, 6) is 0.198. The summed E-state index contributed by atoms with van der Waals surface area (Å²) in [5.41, 5.74) is 0. The Labute approximate surface area is 86.2 Å². The Kier molecular flexibility index (Phi) is 4.14. The highest BCUT2D eigenvalue weighted by molar-refractivity contribution is 5.78. The smallest absolute Gasteiger partial charge is 0.236 e. The Morgan fingerprint density at radius 1 is 1.71 bits per heavy atom. The van der Waals surface area contributed by atoms with Crippen LogP contribution in [0.3, 0.4) is 0 Å². The zero-order valence-corrected chi connectivity index (χ0v) is 9.12. The van der Waals surface area contributed by atoms with Crippen LogP contribution < -0.4 is 5.32 Å². The van der Waals surface area contributed by atoms with E-state index in [2.05, 4.69) is 18.8 Å². The minimum absolute atomic E-state index is 0.198. The first-order chi connectivity index (χ1) is 6.65. The molecule has 1 rings (SSSR count). The number of rotatable bonds is 6. The van der Waals surface area contributed by atoms with Gasteiger partial charge in [0.05, 0.1) is 6.54 Å². The molecule has 1 fully saturated rings. The van der Waals surface area contributed by atoms with Crippen LogP contribution in [-0.4, -0.2) is 36.5 Å². The van der Waals surface area contributed by atoms with Crippen molar-refractivity contribution in [2.45, 2.75) is 38.3 Å². The predicted octanol–water partition coefficient (Wildman–Crippen LogP) is 1.16. The molecule has 1 aliphatic carbocycles. The van der Waals surface area contributed by atoms with Gasteiger partial charge in [-0.1, -0.05) is 6.08 Å². The third-order valence-electron chi connectivity index (χ3n) is 2.61. The fourth-order valence-electron chi connectivity index (χ4n) is 1.39. The predicted molar refractivity (Wildman–Crippen MR) is 58.1 cm³/mol. The van der Waals surface area contributed by atoms with Crippen molar-refractivity contribution in [2.24, 2.45) is 0 Å². The lowest BCUT2D eigenvalue weighted by molar-refractivity contribution is -0.129. The number of carbonyl (C=O) groups is 1. The summed E-state index contributed by atoms with van der Waals surface area (Å²) in [5, 5.41) is 3.18.